The number of hydrogen-bond acceptors (Lipinski definition) is 3. The Hall–Kier alpha value is -2.14. The lowest BCUT2D eigenvalue weighted by molar-refractivity contribution is -0.131. The van der Waals surface area contributed by atoms with Crippen molar-refractivity contribution in [1.29, 1.82) is 0 Å². The van der Waals surface area contributed by atoms with Gasteiger partial charge in [-0.15, -0.1) is 0 Å². The smallest absolute Gasteiger partial charge is 0.224 e. The second-order valence-electron chi connectivity index (χ2n) is 7.23. The molecule has 0 aliphatic carbocycles. The van der Waals surface area contributed by atoms with E-state index in [4.69, 9.17) is 0 Å². The lowest BCUT2D eigenvalue weighted by Crippen LogP contribution is -2.36. The zero-order valence-corrected chi connectivity index (χ0v) is 15.8. The fourth-order valence-electron chi connectivity index (χ4n) is 3.61. The van der Waals surface area contributed by atoms with Gasteiger partial charge >= 0.3 is 0 Å². The predicted octanol–water partition coefficient (Wildman–Crippen LogP) is 3.00. The van der Waals surface area contributed by atoms with Crippen LogP contribution in [0.15, 0.2) is 49.1 Å². The topological polar surface area (TPSA) is 41.4 Å². The number of carbonyl (C=O) groups excluding carboxylic acids is 1. The highest BCUT2D eigenvalue weighted by Gasteiger charge is 2.20. The Balaban J connectivity index is 1.40. The Labute approximate surface area is 156 Å². The van der Waals surface area contributed by atoms with Crippen LogP contribution in [-0.4, -0.2) is 58.0 Å². The average molecular weight is 354 g/mol. The number of hydrogen-bond donors (Lipinski definition) is 0. The molecule has 2 heterocycles. The maximum absolute atomic E-state index is 12.6. The number of aryl methyl sites for hydroxylation is 1. The molecule has 0 bridgehead atoms. The summed E-state index contributed by atoms with van der Waals surface area (Å²) in [7, 11) is 0. The van der Waals surface area contributed by atoms with Crippen LogP contribution in [0.4, 0.5) is 0 Å². The molecule has 1 fully saturated rings. The van der Waals surface area contributed by atoms with E-state index in [2.05, 4.69) is 47.1 Å². The van der Waals surface area contributed by atoms with E-state index in [9.17, 15) is 4.79 Å². The third-order valence-electron chi connectivity index (χ3n) is 5.23. The average Bonchev–Trinajstić information content (AvgIpc) is 3.09. The van der Waals surface area contributed by atoms with Gasteiger partial charge in [0.25, 0.3) is 0 Å². The van der Waals surface area contributed by atoms with Crippen LogP contribution in [0.5, 0.6) is 0 Å². The van der Waals surface area contributed by atoms with Crippen LogP contribution in [0.25, 0.3) is 0 Å². The van der Waals surface area contributed by atoms with E-state index in [1.165, 1.54) is 12.0 Å². The Bertz CT molecular complexity index is 656. The van der Waals surface area contributed by atoms with Crippen molar-refractivity contribution in [2.45, 2.75) is 38.6 Å². The van der Waals surface area contributed by atoms with Crippen molar-refractivity contribution in [3.8, 4) is 0 Å². The minimum absolute atomic E-state index is 0.162. The second-order valence-corrected chi connectivity index (χ2v) is 7.23. The highest BCUT2D eigenvalue weighted by Crippen LogP contribution is 2.14. The van der Waals surface area contributed by atoms with Crippen LogP contribution >= 0.6 is 0 Å². The maximum Gasteiger partial charge on any atom is 0.224 e. The van der Waals surface area contributed by atoms with Gasteiger partial charge in [0.05, 0.1) is 6.33 Å². The van der Waals surface area contributed by atoms with E-state index in [0.29, 0.717) is 6.42 Å². The van der Waals surface area contributed by atoms with Crippen LogP contribution < -0.4 is 0 Å². The number of amides is 1. The number of carbonyl (C=O) groups is 1. The molecule has 1 aliphatic rings. The quantitative estimate of drug-likeness (QED) is 0.767. The van der Waals surface area contributed by atoms with Crippen molar-refractivity contribution >= 4 is 5.91 Å². The minimum atomic E-state index is 0.162. The largest absolute Gasteiger partial charge is 0.341 e. The Kier molecular flexibility index (Phi) is 6.83. The van der Waals surface area contributed by atoms with Crippen molar-refractivity contribution in [2.24, 2.45) is 0 Å². The Morgan fingerprint density at radius 1 is 1.15 bits per heavy atom. The zero-order valence-electron chi connectivity index (χ0n) is 15.8. The summed E-state index contributed by atoms with van der Waals surface area (Å²) in [6.07, 6.45) is 9.39. The van der Waals surface area contributed by atoms with E-state index in [1.54, 1.807) is 12.5 Å². The molecular formula is C21H30N4O. The fraction of sp³-hybridized carbons (Fsp3) is 0.524. The van der Waals surface area contributed by atoms with Crippen LogP contribution in [0.2, 0.25) is 0 Å². The van der Waals surface area contributed by atoms with Gasteiger partial charge in [-0.25, -0.2) is 4.98 Å². The molecule has 1 atom stereocenters. The van der Waals surface area contributed by atoms with Crippen LogP contribution in [-0.2, 0) is 11.2 Å². The number of rotatable bonds is 7. The van der Waals surface area contributed by atoms with Gasteiger partial charge in [-0.3, -0.25) is 4.79 Å². The first-order valence-corrected chi connectivity index (χ1v) is 9.74. The molecule has 26 heavy (non-hydrogen) atoms. The molecule has 5 heteroatoms. The molecule has 140 valence electrons. The van der Waals surface area contributed by atoms with Gasteiger partial charge in [0.2, 0.25) is 5.91 Å². The minimum Gasteiger partial charge on any atom is -0.341 e. The van der Waals surface area contributed by atoms with Crippen LogP contribution in [0, 0.1) is 0 Å². The van der Waals surface area contributed by atoms with E-state index >= 15 is 0 Å². The summed E-state index contributed by atoms with van der Waals surface area (Å²) >= 11 is 0. The first-order valence-electron chi connectivity index (χ1n) is 9.74. The second kappa shape index (κ2) is 9.53. The monoisotopic (exact) mass is 354 g/mol. The summed E-state index contributed by atoms with van der Waals surface area (Å²) in [6.45, 7) is 7.00. The number of nitrogens with zero attached hydrogens (tertiary/aromatic N) is 4. The summed E-state index contributed by atoms with van der Waals surface area (Å²) < 4.78 is 2.01. The molecule has 0 N–H and O–H groups in total. The van der Waals surface area contributed by atoms with Gasteiger partial charge < -0.3 is 14.4 Å². The zero-order chi connectivity index (χ0) is 18.2. The van der Waals surface area contributed by atoms with E-state index in [0.717, 1.165) is 45.6 Å². The summed E-state index contributed by atoms with van der Waals surface area (Å²) in [5.74, 6) is 0.261. The maximum atomic E-state index is 12.6. The number of imidazole rings is 1. The Morgan fingerprint density at radius 2 is 2.00 bits per heavy atom. The fourth-order valence-corrected chi connectivity index (χ4v) is 3.61. The molecule has 3 rings (SSSR count). The van der Waals surface area contributed by atoms with E-state index < -0.39 is 0 Å². The van der Waals surface area contributed by atoms with E-state index in [1.807, 2.05) is 15.7 Å². The van der Waals surface area contributed by atoms with Crippen molar-refractivity contribution < 1.29 is 4.79 Å². The van der Waals surface area contributed by atoms with Crippen molar-refractivity contribution in [2.75, 3.05) is 32.7 Å². The SMILES string of the molecule is C[C@@H](CC(=O)N1CCCN(CCCc2ccccc2)CC1)n1ccnc1. The standard InChI is InChI=1S/C21H30N4O/c1-19(25-14-10-22-18-25)17-21(26)24-13-6-12-23(15-16-24)11-5-9-20-7-3-2-4-8-20/h2-4,7-8,10,14,18-19H,5-6,9,11-13,15-17H2,1H3/t19-/m0/s1. The lowest BCUT2D eigenvalue weighted by Gasteiger charge is -2.23. The van der Waals surface area contributed by atoms with Crippen LogP contribution in [0.3, 0.4) is 0 Å². The van der Waals surface area contributed by atoms with Gasteiger partial charge in [0, 0.05) is 44.5 Å². The summed E-state index contributed by atoms with van der Waals surface area (Å²) in [5.41, 5.74) is 1.41. The molecule has 1 aromatic carbocycles. The highest BCUT2D eigenvalue weighted by atomic mass is 16.2. The number of benzene rings is 1. The first kappa shape index (κ1) is 18.6. The molecule has 1 aromatic heterocycles. The summed E-state index contributed by atoms with van der Waals surface area (Å²) in [5, 5.41) is 0. The molecule has 0 spiro atoms. The Morgan fingerprint density at radius 3 is 2.77 bits per heavy atom. The van der Waals surface area contributed by atoms with Crippen molar-refractivity contribution in [3.63, 3.8) is 0 Å². The van der Waals surface area contributed by atoms with Gasteiger partial charge in [-0.1, -0.05) is 30.3 Å². The first-order chi connectivity index (χ1) is 12.7. The lowest BCUT2D eigenvalue weighted by atomic mass is 10.1. The highest BCUT2D eigenvalue weighted by molar-refractivity contribution is 5.76. The molecular weight excluding hydrogens is 324 g/mol. The summed E-state index contributed by atoms with van der Waals surface area (Å²) in [4.78, 5) is 21.3. The van der Waals surface area contributed by atoms with E-state index in [-0.39, 0.29) is 11.9 Å². The third-order valence-corrected chi connectivity index (χ3v) is 5.23. The molecule has 1 aliphatic heterocycles. The van der Waals surface area contributed by atoms with Gasteiger partial charge in [-0.05, 0) is 44.8 Å². The molecule has 0 unspecified atom stereocenters. The van der Waals surface area contributed by atoms with Gasteiger partial charge in [0.1, 0.15) is 0 Å². The van der Waals surface area contributed by atoms with Crippen LogP contribution in [0.1, 0.15) is 37.8 Å². The molecule has 0 radical (unpaired) electrons. The normalized spacial score (nSPS) is 17.0. The predicted molar refractivity (Wildman–Crippen MR) is 104 cm³/mol. The molecule has 1 saturated heterocycles. The summed E-state index contributed by atoms with van der Waals surface area (Å²) in [6, 6.07) is 10.8. The molecule has 0 saturated carbocycles. The molecule has 5 nitrogen and oxygen atoms in total. The van der Waals surface area contributed by atoms with Gasteiger partial charge in [-0.2, -0.15) is 0 Å². The van der Waals surface area contributed by atoms with Gasteiger partial charge in [0.15, 0.2) is 0 Å². The molecule has 1 amide bonds. The number of aromatic nitrogens is 2. The third kappa shape index (κ3) is 5.43. The van der Waals surface area contributed by atoms with Crippen molar-refractivity contribution in [1.82, 2.24) is 19.4 Å². The molecule has 2 aromatic rings. The van der Waals surface area contributed by atoms with Crippen molar-refractivity contribution in [3.05, 3.63) is 54.6 Å².